The van der Waals surface area contributed by atoms with Gasteiger partial charge in [-0.3, -0.25) is 4.79 Å². The first-order chi connectivity index (χ1) is 18.2. The number of ether oxygens (including phenoxy) is 4. The van der Waals surface area contributed by atoms with E-state index in [2.05, 4.69) is 22.4 Å². The SMILES string of the molecule is COC(=O)C(C)(C)C(c1ccc(OC)c(COCc2ccc(OC)cc2)c1)c1ccc2c(nnn2C)c1C. The van der Waals surface area contributed by atoms with E-state index in [0.717, 1.165) is 50.3 Å². The molecule has 3 aromatic carbocycles. The quantitative estimate of drug-likeness (QED) is 0.263. The van der Waals surface area contributed by atoms with E-state index in [4.69, 9.17) is 18.9 Å². The Morgan fingerprint density at radius 1 is 0.974 bits per heavy atom. The number of hydrogen-bond acceptors (Lipinski definition) is 7. The summed E-state index contributed by atoms with van der Waals surface area (Å²) in [5.41, 5.74) is 5.73. The van der Waals surface area contributed by atoms with Crippen molar-refractivity contribution in [2.24, 2.45) is 12.5 Å². The van der Waals surface area contributed by atoms with Gasteiger partial charge >= 0.3 is 5.97 Å². The predicted molar refractivity (Wildman–Crippen MR) is 145 cm³/mol. The van der Waals surface area contributed by atoms with Crippen LogP contribution in [0.3, 0.4) is 0 Å². The zero-order chi connectivity index (χ0) is 27.4. The third kappa shape index (κ3) is 5.22. The van der Waals surface area contributed by atoms with E-state index in [0.29, 0.717) is 13.2 Å². The van der Waals surface area contributed by atoms with Gasteiger partial charge in [0.2, 0.25) is 0 Å². The lowest BCUT2D eigenvalue weighted by molar-refractivity contribution is -0.151. The van der Waals surface area contributed by atoms with Crippen molar-refractivity contribution in [1.29, 1.82) is 0 Å². The van der Waals surface area contributed by atoms with Gasteiger partial charge in [0.05, 0.1) is 45.5 Å². The topological polar surface area (TPSA) is 84.7 Å². The highest BCUT2D eigenvalue weighted by Crippen LogP contribution is 2.45. The number of aryl methyl sites for hydroxylation is 2. The zero-order valence-corrected chi connectivity index (χ0v) is 23.1. The Bertz CT molecular complexity index is 1430. The number of methoxy groups -OCH3 is 3. The molecule has 0 aliphatic rings. The molecule has 1 unspecified atom stereocenters. The number of aromatic nitrogens is 3. The van der Waals surface area contributed by atoms with Crippen molar-refractivity contribution in [2.45, 2.75) is 39.9 Å². The minimum absolute atomic E-state index is 0.297. The van der Waals surface area contributed by atoms with Gasteiger partial charge in [-0.05, 0) is 73.4 Å². The molecule has 0 N–H and O–H groups in total. The van der Waals surface area contributed by atoms with Crippen LogP contribution in [-0.2, 0) is 34.5 Å². The second-order valence-corrected chi connectivity index (χ2v) is 9.92. The fourth-order valence-corrected chi connectivity index (χ4v) is 5.02. The van der Waals surface area contributed by atoms with E-state index >= 15 is 0 Å². The highest BCUT2D eigenvalue weighted by Gasteiger charge is 2.41. The maximum atomic E-state index is 13.1. The number of carbonyl (C=O) groups is 1. The summed E-state index contributed by atoms with van der Waals surface area (Å²) in [7, 11) is 6.58. The molecule has 0 amide bonds. The average Bonchev–Trinajstić information content (AvgIpc) is 3.31. The maximum Gasteiger partial charge on any atom is 0.312 e. The van der Waals surface area contributed by atoms with Gasteiger partial charge in [0, 0.05) is 18.5 Å². The monoisotopic (exact) mass is 517 g/mol. The molecule has 0 saturated heterocycles. The molecule has 0 bridgehead atoms. The number of benzene rings is 3. The Labute approximate surface area is 223 Å². The molecule has 38 heavy (non-hydrogen) atoms. The Balaban J connectivity index is 1.72. The van der Waals surface area contributed by atoms with E-state index in [1.54, 1.807) is 18.9 Å². The van der Waals surface area contributed by atoms with Crippen LogP contribution in [0.2, 0.25) is 0 Å². The molecular formula is C30H35N3O5. The van der Waals surface area contributed by atoms with Crippen molar-refractivity contribution in [2.75, 3.05) is 21.3 Å². The largest absolute Gasteiger partial charge is 0.497 e. The first-order valence-electron chi connectivity index (χ1n) is 12.5. The van der Waals surface area contributed by atoms with Crippen LogP contribution >= 0.6 is 0 Å². The van der Waals surface area contributed by atoms with Crippen LogP contribution in [-0.4, -0.2) is 42.3 Å². The van der Waals surface area contributed by atoms with Crippen LogP contribution < -0.4 is 9.47 Å². The summed E-state index contributed by atoms with van der Waals surface area (Å²) in [6.07, 6.45) is 0. The summed E-state index contributed by atoms with van der Waals surface area (Å²) in [6, 6.07) is 17.8. The third-order valence-corrected chi connectivity index (χ3v) is 7.15. The van der Waals surface area contributed by atoms with E-state index in [-0.39, 0.29) is 11.9 Å². The molecule has 0 aliphatic carbocycles. The summed E-state index contributed by atoms with van der Waals surface area (Å²) in [5, 5.41) is 8.56. The molecule has 1 atom stereocenters. The number of carbonyl (C=O) groups excluding carboxylic acids is 1. The molecule has 1 aromatic heterocycles. The molecule has 4 rings (SSSR count). The molecule has 0 aliphatic heterocycles. The Morgan fingerprint density at radius 3 is 2.37 bits per heavy atom. The molecule has 0 saturated carbocycles. The summed E-state index contributed by atoms with van der Waals surface area (Å²) in [6.45, 7) is 6.63. The number of fused-ring (bicyclic) bond motifs is 1. The van der Waals surface area contributed by atoms with Crippen molar-refractivity contribution in [3.63, 3.8) is 0 Å². The van der Waals surface area contributed by atoms with Gasteiger partial charge in [0.15, 0.2) is 0 Å². The minimum atomic E-state index is -0.870. The van der Waals surface area contributed by atoms with Gasteiger partial charge in [0.1, 0.15) is 17.0 Å². The molecule has 1 heterocycles. The van der Waals surface area contributed by atoms with Crippen molar-refractivity contribution < 1.29 is 23.7 Å². The van der Waals surface area contributed by atoms with Crippen LogP contribution in [0.25, 0.3) is 11.0 Å². The predicted octanol–water partition coefficient (Wildman–Crippen LogP) is 5.34. The molecule has 8 nitrogen and oxygen atoms in total. The fraction of sp³-hybridized carbons (Fsp3) is 0.367. The molecular weight excluding hydrogens is 482 g/mol. The first-order valence-corrected chi connectivity index (χ1v) is 12.5. The van der Waals surface area contributed by atoms with Gasteiger partial charge in [-0.1, -0.05) is 29.5 Å². The average molecular weight is 518 g/mol. The van der Waals surface area contributed by atoms with Crippen LogP contribution in [0.4, 0.5) is 0 Å². The highest BCUT2D eigenvalue weighted by atomic mass is 16.5. The van der Waals surface area contributed by atoms with Gasteiger partial charge in [-0.15, -0.1) is 5.10 Å². The number of nitrogens with zero attached hydrogens (tertiary/aromatic N) is 3. The van der Waals surface area contributed by atoms with E-state index < -0.39 is 5.41 Å². The van der Waals surface area contributed by atoms with Gasteiger partial charge in [-0.25, -0.2) is 4.68 Å². The lowest BCUT2D eigenvalue weighted by Crippen LogP contribution is -2.34. The molecule has 0 spiro atoms. The second kappa shape index (κ2) is 11.2. The van der Waals surface area contributed by atoms with Gasteiger partial charge < -0.3 is 18.9 Å². The first kappa shape index (κ1) is 27.1. The van der Waals surface area contributed by atoms with Crippen molar-refractivity contribution in [3.05, 3.63) is 82.4 Å². The Hall–Kier alpha value is -3.91. The van der Waals surface area contributed by atoms with Crippen molar-refractivity contribution in [1.82, 2.24) is 15.0 Å². The number of esters is 1. The number of hydrogen-bond donors (Lipinski definition) is 0. The molecule has 0 radical (unpaired) electrons. The van der Waals surface area contributed by atoms with E-state index in [1.165, 1.54) is 7.11 Å². The third-order valence-electron chi connectivity index (χ3n) is 7.15. The normalized spacial score (nSPS) is 12.4. The lowest BCUT2D eigenvalue weighted by Gasteiger charge is -2.34. The van der Waals surface area contributed by atoms with Gasteiger partial charge in [0.25, 0.3) is 0 Å². The molecule has 200 valence electrons. The molecule has 4 aromatic rings. The van der Waals surface area contributed by atoms with Gasteiger partial charge in [-0.2, -0.15) is 0 Å². The van der Waals surface area contributed by atoms with E-state index in [9.17, 15) is 4.79 Å². The van der Waals surface area contributed by atoms with Crippen LogP contribution in [0, 0.1) is 12.3 Å². The molecule has 8 heteroatoms. The number of rotatable bonds is 10. The summed E-state index contributed by atoms with van der Waals surface area (Å²) in [4.78, 5) is 13.1. The lowest BCUT2D eigenvalue weighted by atomic mass is 9.70. The maximum absolute atomic E-state index is 13.1. The minimum Gasteiger partial charge on any atom is -0.497 e. The standard InChI is InChI=1S/C30H35N3O5/c1-19-24(13-14-25-28(19)31-32-33(25)4)27(30(2,3)29(34)37-7)21-10-15-26(36-6)22(16-21)18-38-17-20-8-11-23(35-5)12-9-20/h8-16,27H,17-18H2,1-7H3. The van der Waals surface area contributed by atoms with Crippen LogP contribution in [0.1, 0.15) is 47.6 Å². The van der Waals surface area contributed by atoms with E-state index in [1.807, 2.05) is 70.3 Å². The van der Waals surface area contributed by atoms with Crippen LogP contribution in [0.5, 0.6) is 11.5 Å². The van der Waals surface area contributed by atoms with Crippen LogP contribution in [0.15, 0.2) is 54.6 Å². The Morgan fingerprint density at radius 2 is 1.71 bits per heavy atom. The summed E-state index contributed by atoms with van der Waals surface area (Å²) >= 11 is 0. The second-order valence-electron chi connectivity index (χ2n) is 9.92. The fourth-order valence-electron chi connectivity index (χ4n) is 5.02. The summed E-state index contributed by atoms with van der Waals surface area (Å²) in [5.74, 6) is 0.915. The molecule has 0 fully saturated rings. The zero-order valence-electron chi connectivity index (χ0n) is 23.1. The van der Waals surface area contributed by atoms with Crippen molar-refractivity contribution in [3.8, 4) is 11.5 Å². The highest BCUT2D eigenvalue weighted by molar-refractivity contribution is 5.82. The Kier molecular flexibility index (Phi) is 8.02. The summed E-state index contributed by atoms with van der Waals surface area (Å²) < 4.78 is 23.9. The smallest absolute Gasteiger partial charge is 0.312 e. The van der Waals surface area contributed by atoms with Crippen molar-refractivity contribution >= 4 is 17.0 Å².